The molecule has 7 nitrogen and oxygen atoms in total. The zero-order valence-corrected chi connectivity index (χ0v) is 22.1. The molecule has 0 fully saturated rings. The Morgan fingerprint density at radius 2 is 1.87 bits per heavy atom. The minimum atomic E-state index is -0.332. The first-order valence-corrected chi connectivity index (χ1v) is 13.0. The molecule has 2 aromatic carbocycles. The number of carbonyl (C=O) groups excluding carboxylic acids is 3. The molecule has 2 aliphatic heterocycles. The van der Waals surface area contributed by atoms with Gasteiger partial charge in [0.25, 0.3) is 0 Å². The van der Waals surface area contributed by atoms with E-state index in [1.54, 1.807) is 0 Å². The Morgan fingerprint density at radius 3 is 2.58 bits per heavy atom. The molecule has 2 unspecified atom stereocenters. The number of nitrogens with zero attached hydrogens (tertiary/aromatic N) is 2. The molecule has 2 atom stereocenters. The van der Waals surface area contributed by atoms with Gasteiger partial charge in [0.2, 0.25) is 0 Å². The summed E-state index contributed by atoms with van der Waals surface area (Å²) < 4.78 is 7.24. The van der Waals surface area contributed by atoms with Crippen molar-refractivity contribution in [2.24, 2.45) is 5.41 Å². The van der Waals surface area contributed by atoms with E-state index < -0.39 is 0 Å². The number of benzene rings is 2. The minimum absolute atomic E-state index is 0.0666. The molecule has 0 saturated carbocycles. The van der Waals surface area contributed by atoms with Gasteiger partial charge in [0, 0.05) is 59.0 Å². The van der Waals surface area contributed by atoms with Gasteiger partial charge in [-0.3, -0.25) is 0 Å². The van der Waals surface area contributed by atoms with Crippen LogP contribution in [0.1, 0.15) is 55.8 Å². The zero-order valence-electron chi connectivity index (χ0n) is 22.1. The largest absolute Gasteiger partial charge is 0.508 e. The van der Waals surface area contributed by atoms with E-state index in [1.165, 1.54) is 41.0 Å². The average Bonchev–Trinajstić information content (AvgIpc) is 3.25. The van der Waals surface area contributed by atoms with Gasteiger partial charge >= 0.3 is 12.1 Å². The summed E-state index contributed by atoms with van der Waals surface area (Å²) in [5.41, 5.74) is 6.00. The first kappa shape index (κ1) is 27.0. The molecule has 7 heteroatoms. The smallest absolute Gasteiger partial charge is 0.373 e. The van der Waals surface area contributed by atoms with Crippen LogP contribution in [-0.4, -0.2) is 46.9 Å². The molecule has 0 saturated heterocycles. The molecule has 3 heterocycles. The van der Waals surface area contributed by atoms with E-state index in [9.17, 15) is 9.90 Å². The summed E-state index contributed by atoms with van der Waals surface area (Å²) in [5, 5.41) is 12.3. The van der Waals surface area contributed by atoms with E-state index >= 15 is 0 Å². The predicted molar refractivity (Wildman–Crippen MR) is 145 cm³/mol. The summed E-state index contributed by atoms with van der Waals surface area (Å²) in [5.74, 6) is 0.101. The van der Waals surface area contributed by atoms with Crippen molar-refractivity contribution in [2.45, 2.75) is 45.4 Å². The standard InChI is InChI=1S/C30H34N2O3.CO2/c1-4-30-16-9-17-31(19-15-27(34)35-3)18-14-23-22-10-5-7-12-25(22)32(21(2)20-30)29(23)28(30)24-11-6-8-13-26(24)33;2-1-3/h5-8,10-13,15,19-20,28,33H,4,9,14,16-18H2,1-3H3;/b19-15+;. The fraction of sp³-hybridized carbons (Fsp3) is 0.355. The third-order valence-corrected chi connectivity index (χ3v) is 7.98. The Labute approximate surface area is 223 Å². The van der Waals surface area contributed by atoms with Crippen molar-refractivity contribution in [3.05, 3.63) is 83.7 Å². The van der Waals surface area contributed by atoms with Crippen LogP contribution in [0.5, 0.6) is 5.75 Å². The molecule has 1 aromatic heterocycles. The molecule has 38 heavy (non-hydrogen) atoms. The van der Waals surface area contributed by atoms with Crippen LogP contribution in [0.15, 0.2) is 66.9 Å². The average molecular weight is 515 g/mol. The SMILES string of the molecule is CCC12C=C(C)n3c(c(c4ccccc43)CCN(/C=C/C(=O)OC)CCC1)C2c1ccccc1O.O=C=O. The van der Waals surface area contributed by atoms with Gasteiger partial charge in [0.1, 0.15) is 5.75 Å². The number of hydrogen-bond acceptors (Lipinski definition) is 6. The van der Waals surface area contributed by atoms with Crippen molar-refractivity contribution in [1.82, 2.24) is 9.47 Å². The maximum absolute atomic E-state index is 11.8. The van der Waals surface area contributed by atoms with E-state index in [1.807, 2.05) is 24.4 Å². The Kier molecular flexibility index (Phi) is 8.18. The van der Waals surface area contributed by atoms with Crippen molar-refractivity contribution in [3.63, 3.8) is 0 Å². The van der Waals surface area contributed by atoms with Gasteiger partial charge < -0.3 is 19.3 Å². The van der Waals surface area contributed by atoms with Crippen molar-refractivity contribution in [2.75, 3.05) is 20.2 Å². The fourth-order valence-electron chi connectivity index (χ4n) is 6.36. The maximum Gasteiger partial charge on any atom is 0.373 e. The predicted octanol–water partition coefficient (Wildman–Crippen LogP) is 5.49. The number of fused-ring (bicyclic) bond motifs is 4. The molecule has 2 bridgehead atoms. The molecular weight excluding hydrogens is 480 g/mol. The summed E-state index contributed by atoms with van der Waals surface area (Å²) in [7, 11) is 1.41. The highest BCUT2D eigenvalue weighted by molar-refractivity contribution is 5.90. The second kappa shape index (κ2) is 11.5. The summed E-state index contributed by atoms with van der Waals surface area (Å²) in [6.07, 6.45) is 9.92. The number of phenols is 1. The molecule has 3 aromatic rings. The number of aromatic hydroxyl groups is 1. The second-order valence-electron chi connectivity index (χ2n) is 9.89. The van der Waals surface area contributed by atoms with E-state index in [2.05, 4.69) is 59.7 Å². The Bertz CT molecular complexity index is 1410. The first-order valence-electron chi connectivity index (χ1n) is 13.0. The molecule has 198 valence electrons. The van der Waals surface area contributed by atoms with Gasteiger partial charge in [-0.25, -0.2) is 4.79 Å². The highest BCUT2D eigenvalue weighted by Gasteiger charge is 2.45. The molecule has 0 amide bonds. The summed E-state index contributed by atoms with van der Waals surface area (Å²) in [6, 6.07) is 16.5. The van der Waals surface area contributed by atoms with Crippen molar-refractivity contribution in [3.8, 4) is 5.75 Å². The van der Waals surface area contributed by atoms with E-state index in [-0.39, 0.29) is 23.5 Å². The van der Waals surface area contributed by atoms with Crippen LogP contribution in [0.4, 0.5) is 0 Å². The monoisotopic (exact) mass is 514 g/mol. The molecule has 0 radical (unpaired) electrons. The first-order chi connectivity index (χ1) is 18.4. The van der Waals surface area contributed by atoms with E-state index in [0.29, 0.717) is 5.75 Å². The number of hydrogen-bond donors (Lipinski definition) is 1. The fourth-order valence-corrected chi connectivity index (χ4v) is 6.36. The van der Waals surface area contributed by atoms with Gasteiger partial charge in [-0.15, -0.1) is 0 Å². The molecule has 0 spiro atoms. The molecule has 1 N–H and O–H groups in total. The van der Waals surface area contributed by atoms with Gasteiger partial charge in [0.15, 0.2) is 0 Å². The molecule has 5 rings (SSSR count). The lowest BCUT2D eigenvalue weighted by atomic mass is 9.63. The third-order valence-electron chi connectivity index (χ3n) is 7.98. The number of phenolic OH excluding ortho intramolecular Hbond substituents is 1. The molecular formula is C31H34N2O5. The Balaban J connectivity index is 0.00000107. The number of methoxy groups -OCH3 is 1. The van der Waals surface area contributed by atoms with E-state index in [0.717, 1.165) is 44.3 Å². The van der Waals surface area contributed by atoms with Gasteiger partial charge in [-0.05, 0) is 50.3 Å². The number of allylic oxidation sites excluding steroid dienone is 2. The zero-order chi connectivity index (χ0) is 27.3. The summed E-state index contributed by atoms with van der Waals surface area (Å²) in [4.78, 5) is 30.3. The van der Waals surface area contributed by atoms with Gasteiger partial charge in [0.05, 0.1) is 12.6 Å². The van der Waals surface area contributed by atoms with Crippen LogP contribution < -0.4 is 0 Å². The molecule has 2 aliphatic rings. The van der Waals surface area contributed by atoms with Crippen molar-refractivity contribution >= 4 is 28.7 Å². The second-order valence-corrected chi connectivity index (χ2v) is 9.89. The van der Waals surface area contributed by atoms with Crippen molar-refractivity contribution in [1.29, 1.82) is 0 Å². The Morgan fingerprint density at radius 1 is 1.16 bits per heavy atom. The van der Waals surface area contributed by atoms with Crippen LogP contribution in [0.2, 0.25) is 0 Å². The van der Waals surface area contributed by atoms with Crippen LogP contribution in [0, 0.1) is 5.41 Å². The van der Waals surface area contributed by atoms with Gasteiger partial charge in [-0.2, -0.15) is 9.59 Å². The number of ether oxygens (including phenoxy) is 1. The van der Waals surface area contributed by atoms with Gasteiger partial charge in [-0.1, -0.05) is 49.4 Å². The molecule has 0 aliphatic carbocycles. The van der Waals surface area contributed by atoms with Crippen LogP contribution in [0.25, 0.3) is 16.6 Å². The minimum Gasteiger partial charge on any atom is -0.508 e. The highest BCUT2D eigenvalue weighted by atomic mass is 16.5. The van der Waals surface area contributed by atoms with Crippen molar-refractivity contribution < 1.29 is 24.2 Å². The van der Waals surface area contributed by atoms with Crippen LogP contribution >= 0.6 is 0 Å². The highest BCUT2D eigenvalue weighted by Crippen LogP contribution is 2.56. The third kappa shape index (κ3) is 4.90. The van der Waals surface area contributed by atoms with Crippen LogP contribution in [0.3, 0.4) is 0 Å². The number of rotatable bonds is 4. The summed E-state index contributed by atoms with van der Waals surface area (Å²) in [6.45, 7) is 6.17. The van der Waals surface area contributed by atoms with Crippen LogP contribution in [-0.2, 0) is 25.5 Å². The topological polar surface area (TPSA) is 88.8 Å². The number of carbonyl (C=O) groups is 1. The lowest BCUT2D eigenvalue weighted by Gasteiger charge is -2.44. The number of esters is 1. The Hall–Kier alpha value is -4.09. The maximum atomic E-state index is 11.8. The summed E-state index contributed by atoms with van der Waals surface area (Å²) >= 11 is 0. The lowest BCUT2D eigenvalue weighted by molar-refractivity contribution is -0.191. The van der Waals surface area contributed by atoms with E-state index in [4.69, 9.17) is 14.3 Å². The normalized spacial score (nSPS) is 20.8. The number of aromatic nitrogens is 1. The number of para-hydroxylation sites is 2. The lowest BCUT2D eigenvalue weighted by Crippen LogP contribution is -2.36. The quantitative estimate of drug-likeness (QED) is 0.366.